The first kappa shape index (κ1) is 12.7. The molecule has 0 aromatic heterocycles. The molecule has 1 aliphatic heterocycles. The predicted octanol–water partition coefficient (Wildman–Crippen LogP) is 1.95. The first-order chi connectivity index (χ1) is 8.76. The number of benzene rings is 1. The molecule has 0 aliphatic carbocycles. The third kappa shape index (κ3) is 2.57. The largest absolute Gasteiger partial charge is 0.398 e. The minimum absolute atomic E-state index is 0.362. The van der Waals surface area contributed by atoms with E-state index in [1.54, 1.807) is 0 Å². The first-order valence-corrected chi connectivity index (χ1v) is 6.36. The Hall–Kier alpha value is -1.73. The van der Waals surface area contributed by atoms with Crippen molar-refractivity contribution < 1.29 is 4.74 Å². The van der Waals surface area contributed by atoms with Crippen molar-refractivity contribution in [1.82, 2.24) is 0 Å². The molecule has 1 unspecified atom stereocenters. The van der Waals surface area contributed by atoms with E-state index in [0.29, 0.717) is 18.2 Å². The van der Waals surface area contributed by atoms with Gasteiger partial charge in [0.2, 0.25) is 0 Å². The molecule has 1 fully saturated rings. The zero-order valence-corrected chi connectivity index (χ0v) is 10.7. The van der Waals surface area contributed by atoms with E-state index in [9.17, 15) is 0 Å². The lowest BCUT2D eigenvalue weighted by atomic mass is 10.1. The molecule has 2 N–H and O–H groups in total. The molecule has 1 saturated heterocycles. The topological polar surface area (TPSA) is 62.3 Å². The van der Waals surface area contributed by atoms with Gasteiger partial charge in [0.15, 0.2) is 0 Å². The van der Waals surface area contributed by atoms with Gasteiger partial charge in [-0.3, -0.25) is 0 Å². The third-order valence-corrected chi connectivity index (χ3v) is 3.43. The van der Waals surface area contributed by atoms with Gasteiger partial charge in [-0.25, -0.2) is 0 Å². The summed E-state index contributed by atoms with van der Waals surface area (Å²) in [4.78, 5) is 2.35. The Morgan fingerprint density at radius 2 is 2.39 bits per heavy atom. The van der Waals surface area contributed by atoms with Crippen molar-refractivity contribution in [3.63, 3.8) is 0 Å². The summed E-state index contributed by atoms with van der Waals surface area (Å²) in [7, 11) is 0. The number of anilines is 2. The van der Waals surface area contributed by atoms with Crippen molar-refractivity contribution in [3.05, 3.63) is 23.8 Å². The van der Waals surface area contributed by atoms with Gasteiger partial charge < -0.3 is 15.4 Å². The zero-order chi connectivity index (χ0) is 13.0. The van der Waals surface area contributed by atoms with E-state index in [0.717, 1.165) is 37.4 Å². The molecule has 0 radical (unpaired) electrons. The average Bonchev–Trinajstić information content (AvgIpc) is 2.41. The van der Waals surface area contributed by atoms with Crippen LogP contribution in [0, 0.1) is 11.3 Å². The molecular weight excluding hydrogens is 226 g/mol. The van der Waals surface area contributed by atoms with Crippen molar-refractivity contribution in [1.29, 1.82) is 5.26 Å². The number of morpholine rings is 1. The molecule has 1 atom stereocenters. The smallest absolute Gasteiger partial charge is 0.0670 e. The number of hydrogen-bond donors (Lipinski definition) is 1. The van der Waals surface area contributed by atoms with Gasteiger partial charge in [-0.05, 0) is 30.2 Å². The molecule has 1 aliphatic rings. The van der Waals surface area contributed by atoms with Crippen molar-refractivity contribution in [2.24, 2.45) is 0 Å². The lowest BCUT2D eigenvalue weighted by molar-refractivity contribution is 0.0930. The highest BCUT2D eigenvalue weighted by Gasteiger charge is 2.21. The number of hydrogen-bond acceptors (Lipinski definition) is 4. The maximum Gasteiger partial charge on any atom is 0.0670 e. The van der Waals surface area contributed by atoms with E-state index >= 15 is 0 Å². The summed E-state index contributed by atoms with van der Waals surface area (Å²) in [5, 5.41) is 8.80. The van der Waals surface area contributed by atoms with Crippen LogP contribution in [0.5, 0.6) is 0 Å². The lowest BCUT2D eigenvalue weighted by Crippen LogP contribution is -2.45. The summed E-state index contributed by atoms with van der Waals surface area (Å²) in [6, 6.07) is 8.53. The van der Waals surface area contributed by atoms with Crippen molar-refractivity contribution >= 4 is 11.4 Å². The van der Waals surface area contributed by atoms with Gasteiger partial charge in [0.1, 0.15) is 0 Å². The monoisotopic (exact) mass is 245 g/mol. The van der Waals surface area contributed by atoms with E-state index in [4.69, 9.17) is 15.7 Å². The fraction of sp³-hybridized carbons (Fsp3) is 0.500. The second-order valence-electron chi connectivity index (χ2n) is 4.55. The van der Waals surface area contributed by atoms with Gasteiger partial charge >= 0.3 is 0 Å². The van der Waals surface area contributed by atoms with Crippen LogP contribution in [-0.4, -0.2) is 25.8 Å². The molecule has 0 bridgehead atoms. The minimum Gasteiger partial charge on any atom is -0.398 e. The Kier molecular flexibility index (Phi) is 4.06. The molecule has 4 nitrogen and oxygen atoms in total. The number of nitrogens with zero attached hydrogens (tertiary/aromatic N) is 2. The van der Waals surface area contributed by atoms with E-state index in [-0.39, 0.29) is 0 Å². The minimum atomic E-state index is 0.362. The summed E-state index contributed by atoms with van der Waals surface area (Å²) in [6.45, 7) is 4.59. The highest BCUT2D eigenvalue weighted by atomic mass is 16.5. The van der Waals surface area contributed by atoms with Crippen LogP contribution in [0.25, 0.3) is 0 Å². The van der Waals surface area contributed by atoms with E-state index in [1.807, 2.05) is 18.2 Å². The average molecular weight is 245 g/mol. The van der Waals surface area contributed by atoms with Gasteiger partial charge in [-0.1, -0.05) is 6.92 Å². The second-order valence-corrected chi connectivity index (χ2v) is 4.55. The Labute approximate surface area is 108 Å². The molecule has 18 heavy (non-hydrogen) atoms. The molecule has 0 spiro atoms. The van der Waals surface area contributed by atoms with Crippen LogP contribution in [0.1, 0.15) is 18.9 Å². The van der Waals surface area contributed by atoms with Crippen molar-refractivity contribution in [2.45, 2.75) is 25.8 Å². The standard InChI is InChI=1S/C14H19N3O/c1-2-12-10-18-8-7-17(12)13-3-4-14(16)11(9-13)5-6-15/h3-4,9,12H,2,5,7-8,10,16H2,1H3. The fourth-order valence-electron chi connectivity index (χ4n) is 2.34. The molecule has 96 valence electrons. The van der Waals surface area contributed by atoms with Gasteiger partial charge in [0.25, 0.3) is 0 Å². The van der Waals surface area contributed by atoms with Crippen molar-refractivity contribution in [2.75, 3.05) is 30.4 Å². The van der Waals surface area contributed by atoms with E-state index < -0.39 is 0 Å². The molecular formula is C14H19N3O. The Morgan fingerprint density at radius 3 is 3.11 bits per heavy atom. The summed E-state index contributed by atoms with van der Waals surface area (Å²) >= 11 is 0. The van der Waals surface area contributed by atoms with E-state index in [1.165, 1.54) is 0 Å². The molecule has 1 aromatic rings. The molecule has 2 rings (SSSR count). The predicted molar refractivity (Wildman–Crippen MR) is 72.4 cm³/mol. The Bertz CT molecular complexity index is 453. The Morgan fingerprint density at radius 1 is 1.56 bits per heavy atom. The lowest BCUT2D eigenvalue weighted by Gasteiger charge is -2.37. The Balaban J connectivity index is 2.26. The van der Waals surface area contributed by atoms with Crippen LogP contribution in [0.4, 0.5) is 11.4 Å². The molecule has 0 saturated carbocycles. The highest BCUT2D eigenvalue weighted by Crippen LogP contribution is 2.25. The fourth-order valence-corrected chi connectivity index (χ4v) is 2.34. The zero-order valence-electron chi connectivity index (χ0n) is 10.7. The number of ether oxygens (including phenoxy) is 1. The van der Waals surface area contributed by atoms with Gasteiger partial charge in [0.05, 0.1) is 31.7 Å². The number of nitrogen functional groups attached to an aromatic ring is 1. The van der Waals surface area contributed by atoms with Crippen LogP contribution in [-0.2, 0) is 11.2 Å². The maximum absolute atomic E-state index is 8.80. The van der Waals surface area contributed by atoms with Crippen LogP contribution in [0.2, 0.25) is 0 Å². The second kappa shape index (κ2) is 5.74. The number of nitrogens with two attached hydrogens (primary N) is 1. The highest BCUT2D eigenvalue weighted by molar-refractivity contribution is 5.59. The summed E-state index contributed by atoms with van der Waals surface area (Å²) in [5.41, 5.74) is 8.63. The van der Waals surface area contributed by atoms with Gasteiger partial charge in [0, 0.05) is 17.9 Å². The summed E-state index contributed by atoms with van der Waals surface area (Å²) in [5.74, 6) is 0. The van der Waals surface area contributed by atoms with Crippen LogP contribution < -0.4 is 10.6 Å². The quantitative estimate of drug-likeness (QED) is 0.827. The molecule has 1 aromatic carbocycles. The van der Waals surface area contributed by atoms with Crippen LogP contribution >= 0.6 is 0 Å². The van der Waals surface area contributed by atoms with Crippen LogP contribution in [0.15, 0.2) is 18.2 Å². The van der Waals surface area contributed by atoms with Crippen LogP contribution in [0.3, 0.4) is 0 Å². The maximum atomic E-state index is 8.80. The SMILES string of the molecule is CCC1COCCN1c1ccc(N)c(CC#N)c1. The summed E-state index contributed by atoms with van der Waals surface area (Å²) < 4.78 is 5.51. The molecule has 1 heterocycles. The third-order valence-electron chi connectivity index (χ3n) is 3.43. The van der Waals surface area contributed by atoms with E-state index in [2.05, 4.69) is 17.9 Å². The first-order valence-electron chi connectivity index (χ1n) is 6.36. The molecule has 0 amide bonds. The summed E-state index contributed by atoms with van der Waals surface area (Å²) in [6.07, 6.45) is 1.42. The van der Waals surface area contributed by atoms with Gasteiger partial charge in [-0.15, -0.1) is 0 Å². The van der Waals surface area contributed by atoms with Gasteiger partial charge in [-0.2, -0.15) is 5.26 Å². The number of rotatable bonds is 3. The van der Waals surface area contributed by atoms with Crippen molar-refractivity contribution in [3.8, 4) is 6.07 Å². The molecule has 4 heteroatoms. The number of nitriles is 1. The normalized spacial score (nSPS) is 19.6.